The highest BCUT2D eigenvalue weighted by molar-refractivity contribution is 7.99. The summed E-state index contributed by atoms with van der Waals surface area (Å²) in [6, 6.07) is 0. The van der Waals surface area contributed by atoms with Crippen molar-refractivity contribution >= 4 is 40.3 Å². The molecule has 3 N–H and O–H groups in total. The van der Waals surface area contributed by atoms with E-state index in [1.165, 1.54) is 4.68 Å². The third-order valence-electron chi connectivity index (χ3n) is 4.62. The number of carboxylic acid groups (broad SMARTS) is 1. The van der Waals surface area contributed by atoms with E-state index in [-0.39, 0.29) is 31.1 Å². The van der Waals surface area contributed by atoms with Gasteiger partial charge in [-0.3, -0.25) is 18.7 Å². The number of nitrogens with zero attached hydrogens (tertiary/aromatic N) is 5. The quantitative estimate of drug-likeness (QED) is 0.164. The number of carboxylic acids is 1. The molecule has 0 radical (unpaired) electrons. The Morgan fingerprint density at radius 1 is 1.48 bits per heavy atom. The first kappa shape index (κ1) is 25.1. The number of aliphatic hydroxyl groups is 1. The number of aromatic nitrogens is 4. The van der Waals surface area contributed by atoms with Gasteiger partial charge in [0.25, 0.3) is 11.6 Å². The molecule has 1 aromatic rings. The van der Waals surface area contributed by atoms with E-state index in [1.807, 2.05) is 0 Å². The number of carbonyl (C=O) groups is 3. The zero-order chi connectivity index (χ0) is 24.3. The fourth-order valence-electron chi connectivity index (χ4n) is 3.18. The molecule has 3 atom stereocenters. The molecule has 3 rings (SSSR count). The number of fused-ring (bicyclic) bond motifs is 1. The molecule has 2 aliphatic heterocycles. The number of methoxy groups -OCH3 is 1. The van der Waals surface area contributed by atoms with Crippen LogP contribution in [0, 0.1) is 0 Å². The number of thioether (sulfide) groups is 1. The van der Waals surface area contributed by atoms with Crippen molar-refractivity contribution < 1.29 is 47.1 Å². The Morgan fingerprint density at radius 2 is 2.21 bits per heavy atom. The Hall–Kier alpha value is -2.54. The molecule has 2 aliphatic rings. The average molecular weight is 512 g/mol. The Kier molecular flexibility index (Phi) is 7.73. The van der Waals surface area contributed by atoms with Crippen molar-refractivity contribution in [3.8, 4) is 0 Å². The van der Waals surface area contributed by atoms with Gasteiger partial charge in [-0.1, -0.05) is 11.8 Å². The van der Waals surface area contributed by atoms with E-state index < -0.39 is 57.7 Å². The number of aliphatic carboxylic acids is 1. The molecular formula is C15H18F2N6O8S2. The second kappa shape index (κ2) is 10.2. The molecule has 14 nitrogen and oxygen atoms in total. The maximum Gasteiger partial charge on any atom is 0.352 e. The molecule has 3 heterocycles. The molecule has 2 amide bonds. The predicted molar refractivity (Wildman–Crippen MR) is 104 cm³/mol. The molecule has 18 heteroatoms. The second-order valence-corrected chi connectivity index (χ2v) is 8.92. The maximum atomic E-state index is 12.9. The minimum absolute atomic E-state index is 0.0175. The number of alkyl halides is 2. The zero-order valence-corrected chi connectivity index (χ0v) is 18.5. The van der Waals surface area contributed by atoms with Crippen molar-refractivity contribution in [2.45, 2.75) is 29.4 Å². The van der Waals surface area contributed by atoms with E-state index in [0.717, 1.165) is 23.8 Å². The van der Waals surface area contributed by atoms with Crippen LogP contribution in [0.25, 0.3) is 0 Å². The van der Waals surface area contributed by atoms with Gasteiger partial charge in [0.1, 0.15) is 11.4 Å². The largest absolute Gasteiger partial charge is 0.477 e. The summed E-state index contributed by atoms with van der Waals surface area (Å²) in [5, 5.41) is 32.0. The van der Waals surface area contributed by atoms with Gasteiger partial charge in [0.05, 0.1) is 30.6 Å². The number of ether oxygens (including phenoxy) is 2. The summed E-state index contributed by atoms with van der Waals surface area (Å²) in [7, 11) is -1.74. The number of rotatable bonds is 11. The summed E-state index contributed by atoms with van der Waals surface area (Å²) >= 11 is 1.05. The summed E-state index contributed by atoms with van der Waals surface area (Å²) in [5.41, 5.74) is -2.36. The van der Waals surface area contributed by atoms with Crippen LogP contribution in [0.5, 0.6) is 0 Å². The molecule has 0 bridgehead atoms. The van der Waals surface area contributed by atoms with Crippen LogP contribution in [0.15, 0.2) is 16.4 Å². The highest BCUT2D eigenvalue weighted by atomic mass is 32.2. The third-order valence-corrected chi connectivity index (χ3v) is 6.61. The summed E-state index contributed by atoms with van der Waals surface area (Å²) in [4.78, 5) is 37.6. The first-order chi connectivity index (χ1) is 15.7. The highest BCUT2D eigenvalue weighted by Gasteiger charge is 2.67. The van der Waals surface area contributed by atoms with Gasteiger partial charge in [0.15, 0.2) is 6.23 Å². The van der Waals surface area contributed by atoms with Gasteiger partial charge in [-0.25, -0.2) is 9.48 Å². The van der Waals surface area contributed by atoms with Gasteiger partial charge in [0, 0.05) is 12.9 Å². The standard InChI is InChI=1S/C15H18F2N6O8S2/c1-30-15(18-8(25)6-33(29)13(16)17)11(28)23-9(10(26)27)7(4-31-12(15)23)5-32-14-19-20-21-22(14)2-3-24/h12-13,24H,2-6H2,1H3,(H,18,25)(H,26,27)/t12-,15+,33?/m1/s1. The third kappa shape index (κ3) is 4.74. The normalized spacial score (nSPS) is 23.4. The van der Waals surface area contributed by atoms with Crippen molar-refractivity contribution in [3.63, 3.8) is 0 Å². The summed E-state index contributed by atoms with van der Waals surface area (Å²) in [5.74, 6) is -7.94. The smallest absolute Gasteiger partial charge is 0.352 e. The van der Waals surface area contributed by atoms with E-state index in [4.69, 9.17) is 14.6 Å². The van der Waals surface area contributed by atoms with Gasteiger partial charge in [-0.15, -0.1) is 5.10 Å². The number of tetrazole rings is 1. The molecule has 1 aromatic heterocycles. The Labute approximate surface area is 190 Å². The van der Waals surface area contributed by atoms with Gasteiger partial charge in [-0.05, 0) is 16.0 Å². The van der Waals surface area contributed by atoms with Crippen LogP contribution in [0.3, 0.4) is 0 Å². The molecule has 0 aliphatic carbocycles. The molecule has 1 fully saturated rings. The van der Waals surface area contributed by atoms with E-state index in [9.17, 15) is 32.5 Å². The second-order valence-electron chi connectivity index (χ2n) is 6.57. The van der Waals surface area contributed by atoms with Gasteiger partial charge in [-0.2, -0.15) is 8.78 Å². The number of carbonyl (C=O) groups excluding carboxylic acids is 2. The molecule has 1 unspecified atom stereocenters. The minimum atomic E-state index is -3.26. The number of hydrogen-bond donors (Lipinski definition) is 3. The van der Waals surface area contributed by atoms with E-state index in [0.29, 0.717) is 5.16 Å². The van der Waals surface area contributed by atoms with Crippen LogP contribution >= 0.6 is 11.8 Å². The van der Waals surface area contributed by atoms with Crippen LogP contribution in [0.1, 0.15) is 0 Å². The average Bonchev–Trinajstić information content (AvgIpc) is 3.22. The van der Waals surface area contributed by atoms with Crippen molar-refractivity contribution in [3.05, 3.63) is 11.3 Å². The Bertz CT molecular complexity index is 1010. The molecule has 33 heavy (non-hydrogen) atoms. The lowest BCUT2D eigenvalue weighted by Gasteiger charge is -2.55. The minimum Gasteiger partial charge on any atom is -0.477 e. The number of aliphatic hydroxyl groups excluding tert-OH is 1. The van der Waals surface area contributed by atoms with Crippen molar-refractivity contribution in [2.24, 2.45) is 0 Å². The van der Waals surface area contributed by atoms with Gasteiger partial charge in [0.2, 0.25) is 11.1 Å². The SMILES string of the molecule is CO[C@@]1(NC(=O)CS(=O)C(F)F)C(=O)N2C(C(=O)O)=C(CSc3nnnn3CCO)CO[C@@H]21. The molecule has 1 saturated heterocycles. The van der Waals surface area contributed by atoms with Crippen molar-refractivity contribution in [1.82, 2.24) is 30.4 Å². The first-order valence-corrected chi connectivity index (χ1v) is 11.4. The first-order valence-electron chi connectivity index (χ1n) is 9.08. The number of β-lactam (4-membered cyclic amide) rings is 1. The number of amides is 2. The maximum absolute atomic E-state index is 12.9. The van der Waals surface area contributed by atoms with Crippen molar-refractivity contribution in [1.29, 1.82) is 0 Å². The summed E-state index contributed by atoms with van der Waals surface area (Å²) in [6.07, 6.45) is -1.39. The number of nitrogens with one attached hydrogen (secondary N) is 1. The van der Waals surface area contributed by atoms with E-state index in [2.05, 4.69) is 20.8 Å². The molecule has 0 aromatic carbocycles. The highest BCUT2D eigenvalue weighted by Crippen LogP contribution is 2.41. The number of halogens is 2. The Balaban J connectivity index is 1.78. The van der Waals surface area contributed by atoms with Crippen LogP contribution < -0.4 is 5.32 Å². The van der Waals surface area contributed by atoms with Crippen LogP contribution in [0.2, 0.25) is 0 Å². The summed E-state index contributed by atoms with van der Waals surface area (Å²) < 4.78 is 48.1. The van der Waals surface area contributed by atoms with E-state index in [1.54, 1.807) is 0 Å². The lowest BCUT2D eigenvalue weighted by molar-refractivity contribution is -0.257. The van der Waals surface area contributed by atoms with Crippen molar-refractivity contribution in [2.75, 3.05) is 31.8 Å². The zero-order valence-electron chi connectivity index (χ0n) is 16.8. The van der Waals surface area contributed by atoms with Crippen LogP contribution in [0.4, 0.5) is 8.78 Å². The number of hydrogen-bond acceptors (Lipinski definition) is 11. The lowest BCUT2D eigenvalue weighted by Crippen LogP contribution is -2.82. The van der Waals surface area contributed by atoms with E-state index >= 15 is 0 Å². The fourth-order valence-corrected chi connectivity index (χ4v) is 4.53. The van der Waals surface area contributed by atoms with Gasteiger partial charge < -0.3 is 25.0 Å². The Morgan fingerprint density at radius 3 is 2.82 bits per heavy atom. The predicted octanol–water partition coefficient (Wildman–Crippen LogP) is -2.28. The molecule has 182 valence electrons. The van der Waals surface area contributed by atoms with Crippen LogP contribution in [-0.2, 0) is 41.2 Å². The monoisotopic (exact) mass is 512 g/mol. The lowest BCUT2D eigenvalue weighted by atomic mass is 9.94. The molecular weight excluding hydrogens is 494 g/mol. The molecule has 0 spiro atoms. The fraction of sp³-hybridized carbons (Fsp3) is 0.600. The molecule has 0 saturated carbocycles. The van der Waals surface area contributed by atoms with Crippen LogP contribution in [-0.4, -0.2) is 107 Å². The topological polar surface area (TPSA) is 186 Å². The van der Waals surface area contributed by atoms with Gasteiger partial charge >= 0.3 is 11.7 Å². The summed E-state index contributed by atoms with van der Waals surface area (Å²) in [6.45, 7) is -0.366.